The van der Waals surface area contributed by atoms with Crippen molar-refractivity contribution >= 4 is 32.8 Å². The third-order valence-corrected chi connectivity index (χ3v) is 6.12. The van der Waals surface area contributed by atoms with Gasteiger partial charge in [0.15, 0.2) is 0 Å². The number of nitrogens with zero attached hydrogens (tertiary/aromatic N) is 2. The molecule has 0 saturated heterocycles. The van der Waals surface area contributed by atoms with E-state index in [-0.39, 0.29) is 12.6 Å². The lowest BCUT2D eigenvalue weighted by Gasteiger charge is -2.21. The third kappa shape index (κ3) is 3.76. The van der Waals surface area contributed by atoms with Gasteiger partial charge in [-0.25, -0.2) is 9.78 Å². The molecule has 3 aromatic carbocycles. The van der Waals surface area contributed by atoms with Gasteiger partial charge in [0, 0.05) is 21.1 Å². The van der Waals surface area contributed by atoms with Crippen LogP contribution in [0.3, 0.4) is 0 Å². The third-order valence-electron chi connectivity index (χ3n) is 5.59. The molecule has 5 nitrogen and oxygen atoms in total. The van der Waals surface area contributed by atoms with Gasteiger partial charge >= 0.3 is 5.97 Å². The highest BCUT2D eigenvalue weighted by atomic mass is 79.9. The molecule has 33 heavy (non-hydrogen) atoms. The maximum atomic E-state index is 13.2. The Bertz CT molecular complexity index is 1420. The van der Waals surface area contributed by atoms with Crippen LogP contribution in [0.4, 0.5) is 0 Å². The minimum absolute atomic E-state index is 0.285. The Hall–Kier alpha value is -3.64. The highest BCUT2D eigenvalue weighted by Gasteiger charge is 2.27. The summed E-state index contributed by atoms with van der Waals surface area (Å²) in [6, 6.07) is 25.5. The van der Waals surface area contributed by atoms with Gasteiger partial charge in [-0.15, -0.1) is 0 Å². The highest BCUT2D eigenvalue weighted by molar-refractivity contribution is 9.10. The average Bonchev–Trinajstić information content (AvgIpc) is 3.23. The van der Waals surface area contributed by atoms with Crippen LogP contribution in [0.2, 0.25) is 0 Å². The second-order valence-electron chi connectivity index (χ2n) is 7.53. The molecule has 5 rings (SSSR count). The smallest absolute Gasteiger partial charge is 0.355 e. The van der Waals surface area contributed by atoms with Gasteiger partial charge in [-0.3, -0.25) is 0 Å². The first-order chi connectivity index (χ1) is 16.1. The summed E-state index contributed by atoms with van der Waals surface area (Å²) in [6.45, 7) is 2.09. The fourth-order valence-corrected chi connectivity index (χ4v) is 4.35. The summed E-state index contributed by atoms with van der Waals surface area (Å²) in [6.07, 6.45) is 0. The summed E-state index contributed by atoms with van der Waals surface area (Å²) in [4.78, 5) is 18.2. The first kappa shape index (κ1) is 21.2. The lowest BCUT2D eigenvalue weighted by Crippen LogP contribution is -2.16. The lowest BCUT2D eigenvalue weighted by molar-refractivity contribution is 0.0516. The van der Waals surface area contributed by atoms with E-state index < -0.39 is 0 Å². The number of para-hydroxylation sites is 1. The molecular formula is C27H21BrN2O3. The van der Waals surface area contributed by atoms with Gasteiger partial charge < -0.3 is 14.0 Å². The Balaban J connectivity index is 1.90. The standard InChI is InChI=1S/C27H21BrN2O3/c1-3-33-27(31)24-16-22(17-8-10-18(28)11-9-17)25-26(21-6-4-5-7-23(21)29-25)30(24)19-12-14-20(32-2)15-13-19/h4-16H,3H2,1-2H3. The zero-order chi connectivity index (χ0) is 22.9. The number of pyridine rings is 1. The van der Waals surface area contributed by atoms with Crippen molar-refractivity contribution in [2.24, 2.45) is 0 Å². The second-order valence-corrected chi connectivity index (χ2v) is 8.45. The quantitative estimate of drug-likeness (QED) is 0.250. The number of esters is 1. The summed E-state index contributed by atoms with van der Waals surface area (Å²) in [7, 11) is 1.63. The SMILES string of the molecule is CCOC(=O)c1cc(-c2ccc(Br)cc2)c2nc3ccccc3c-2n1-c1ccc(OC)cc1. The number of halogens is 1. The number of ether oxygens (including phenoxy) is 2. The summed E-state index contributed by atoms with van der Waals surface area (Å²) < 4.78 is 13.7. The van der Waals surface area contributed by atoms with Crippen molar-refractivity contribution in [2.45, 2.75) is 6.92 Å². The Morgan fingerprint density at radius 2 is 1.73 bits per heavy atom. The Morgan fingerprint density at radius 3 is 2.42 bits per heavy atom. The maximum absolute atomic E-state index is 13.2. The van der Waals surface area contributed by atoms with Crippen LogP contribution in [-0.2, 0) is 4.74 Å². The number of aromatic nitrogens is 2. The zero-order valence-electron chi connectivity index (χ0n) is 18.2. The van der Waals surface area contributed by atoms with Gasteiger partial charge in [0.25, 0.3) is 0 Å². The van der Waals surface area contributed by atoms with Crippen molar-refractivity contribution in [1.29, 1.82) is 0 Å². The van der Waals surface area contributed by atoms with Crippen molar-refractivity contribution in [3.8, 4) is 34.0 Å². The van der Waals surface area contributed by atoms with E-state index in [9.17, 15) is 4.79 Å². The molecule has 0 saturated carbocycles. The molecule has 0 aromatic heterocycles. The molecule has 2 aliphatic rings. The van der Waals surface area contributed by atoms with E-state index in [0.29, 0.717) is 5.69 Å². The summed E-state index contributed by atoms with van der Waals surface area (Å²) >= 11 is 3.50. The first-order valence-electron chi connectivity index (χ1n) is 10.6. The molecule has 0 spiro atoms. The number of hydrogen-bond donors (Lipinski definition) is 0. The Kier molecular flexibility index (Phi) is 5.60. The minimum Gasteiger partial charge on any atom is -0.497 e. The van der Waals surface area contributed by atoms with Crippen molar-refractivity contribution in [1.82, 2.24) is 9.55 Å². The van der Waals surface area contributed by atoms with Crippen LogP contribution in [0.15, 0.2) is 83.3 Å². The van der Waals surface area contributed by atoms with Gasteiger partial charge in [0.1, 0.15) is 11.4 Å². The van der Waals surface area contributed by atoms with E-state index in [1.165, 1.54) is 0 Å². The fourth-order valence-electron chi connectivity index (χ4n) is 4.08. The van der Waals surface area contributed by atoms with Gasteiger partial charge in [0.05, 0.1) is 30.6 Å². The normalized spacial score (nSPS) is 11.1. The van der Waals surface area contributed by atoms with E-state index >= 15 is 0 Å². The summed E-state index contributed by atoms with van der Waals surface area (Å²) in [5.74, 6) is 0.351. The molecule has 164 valence electrons. The van der Waals surface area contributed by atoms with Crippen LogP contribution in [-0.4, -0.2) is 29.2 Å². The van der Waals surface area contributed by atoms with E-state index in [0.717, 1.165) is 49.3 Å². The van der Waals surface area contributed by atoms with Gasteiger partial charge in [-0.2, -0.15) is 0 Å². The van der Waals surface area contributed by atoms with Crippen molar-refractivity contribution < 1.29 is 14.3 Å². The second kappa shape index (κ2) is 8.71. The van der Waals surface area contributed by atoms with Crippen LogP contribution < -0.4 is 4.74 Å². The van der Waals surface area contributed by atoms with E-state index in [1.54, 1.807) is 7.11 Å². The number of fused-ring (bicyclic) bond motifs is 3. The lowest BCUT2D eigenvalue weighted by atomic mass is 9.99. The molecule has 0 fully saturated rings. The van der Waals surface area contributed by atoms with Gasteiger partial charge in [-0.1, -0.05) is 46.3 Å². The van der Waals surface area contributed by atoms with Crippen molar-refractivity contribution in [3.05, 3.63) is 89.0 Å². The number of benzene rings is 3. The number of hydrogen-bond acceptors (Lipinski definition) is 4. The van der Waals surface area contributed by atoms with Crippen molar-refractivity contribution in [2.75, 3.05) is 13.7 Å². The fraction of sp³-hybridized carbons (Fsp3) is 0.111. The largest absolute Gasteiger partial charge is 0.497 e. The summed E-state index contributed by atoms with van der Waals surface area (Å²) in [5.41, 5.74) is 5.66. The molecule has 0 amide bonds. The zero-order valence-corrected chi connectivity index (χ0v) is 19.8. The van der Waals surface area contributed by atoms with Crippen LogP contribution in [0.1, 0.15) is 17.4 Å². The van der Waals surface area contributed by atoms with Crippen molar-refractivity contribution in [3.63, 3.8) is 0 Å². The molecule has 3 aromatic rings. The van der Waals surface area contributed by atoms with Gasteiger partial charge in [0.2, 0.25) is 0 Å². The maximum Gasteiger partial charge on any atom is 0.355 e. The number of carbonyl (C=O) groups is 1. The topological polar surface area (TPSA) is 53.3 Å². The van der Waals surface area contributed by atoms with E-state index in [2.05, 4.69) is 15.9 Å². The monoisotopic (exact) mass is 500 g/mol. The number of carbonyl (C=O) groups excluding carboxylic acids is 1. The molecule has 0 unspecified atom stereocenters. The predicted molar refractivity (Wildman–Crippen MR) is 133 cm³/mol. The van der Waals surface area contributed by atoms with E-state index in [1.807, 2.05) is 90.4 Å². The molecule has 0 atom stereocenters. The van der Waals surface area contributed by atoms with Gasteiger partial charge in [-0.05, 0) is 61.0 Å². The van der Waals surface area contributed by atoms with Crippen LogP contribution in [0.25, 0.3) is 39.1 Å². The van der Waals surface area contributed by atoms with Crippen LogP contribution in [0, 0.1) is 0 Å². The molecule has 6 heteroatoms. The highest BCUT2D eigenvalue weighted by Crippen LogP contribution is 2.41. The minimum atomic E-state index is -0.390. The summed E-state index contributed by atoms with van der Waals surface area (Å²) in [5, 5.41) is 0.966. The van der Waals surface area contributed by atoms with Crippen LogP contribution >= 0.6 is 15.9 Å². The predicted octanol–water partition coefficient (Wildman–Crippen LogP) is 6.75. The molecule has 0 aliphatic carbocycles. The number of methoxy groups -OCH3 is 1. The average molecular weight is 501 g/mol. The molecule has 0 bridgehead atoms. The van der Waals surface area contributed by atoms with E-state index in [4.69, 9.17) is 14.5 Å². The number of rotatable bonds is 5. The molecule has 2 heterocycles. The molecule has 0 N–H and O–H groups in total. The Morgan fingerprint density at radius 1 is 1.00 bits per heavy atom. The molecule has 0 radical (unpaired) electrons. The molecule has 2 aliphatic heterocycles. The van der Waals surface area contributed by atoms with Crippen LogP contribution in [0.5, 0.6) is 5.75 Å². The molecular weight excluding hydrogens is 480 g/mol. The first-order valence-corrected chi connectivity index (χ1v) is 11.4. The Labute approximate surface area is 200 Å².